The Hall–Kier alpha value is -7.19. The molecule has 0 spiro atoms. The molecule has 6 aromatic rings. The molecule has 3 aromatic heterocycles. The van der Waals surface area contributed by atoms with Crippen molar-refractivity contribution in [2.75, 3.05) is 134 Å². The van der Waals surface area contributed by atoms with Crippen LogP contribution in [0.15, 0.2) is 51.2 Å². The van der Waals surface area contributed by atoms with E-state index in [1.165, 1.54) is 18.6 Å². The SMILES string of the molecule is CC1COc2c(N3CCN(C)CC3)c(F)cc3c(=O)c(C(=O)[O-])cn1c23.CC1COc2c(N3CCN(C)CC3)c(F)cc3c(=O)c(C(=O)[O-])cn1c23.CC1COc2c(N3CCN(C)CC3)c(F)cc3c(=O)c(C(=O)[O-])cn1c23.[Ga+3]. The van der Waals surface area contributed by atoms with Crippen molar-refractivity contribution in [2.24, 2.45) is 0 Å². The van der Waals surface area contributed by atoms with Crippen molar-refractivity contribution in [3.8, 4) is 17.2 Å². The van der Waals surface area contributed by atoms with Crippen LogP contribution in [-0.4, -0.2) is 186 Å². The maximum atomic E-state index is 15.0. The molecule has 0 amide bonds. The van der Waals surface area contributed by atoms with Crippen LogP contribution in [0, 0.1) is 17.5 Å². The molecule has 3 aromatic carbocycles. The number of benzene rings is 3. The van der Waals surface area contributed by atoms with Gasteiger partial charge in [0, 0.05) is 97.1 Å². The average molecular weight is 1150 g/mol. The summed E-state index contributed by atoms with van der Waals surface area (Å²) in [5.41, 5.74) is -1.32. The maximum Gasteiger partial charge on any atom is 3.00 e. The third-order valence-electron chi connectivity index (χ3n) is 15.5. The monoisotopic (exact) mass is 1150 g/mol. The summed E-state index contributed by atoms with van der Waals surface area (Å²) in [7, 11) is 6.03. The van der Waals surface area contributed by atoms with E-state index in [0.29, 0.717) is 90.1 Å². The van der Waals surface area contributed by atoms with Crippen molar-refractivity contribution in [3.05, 3.63) is 102 Å². The number of likely N-dealkylation sites (N-methyl/N-ethyl adjacent to an activating group) is 3. The summed E-state index contributed by atoms with van der Waals surface area (Å²) in [6.07, 6.45) is 3.84. The van der Waals surface area contributed by atoms with E-state index >= 15 is 0 Å². The molecule has 25 heteroatoms. The number of anilines is 3. The Bertz CT molecular complexity index is 3270. The number of carbonyl (C=O) groups excluding carboxylic acids is 3. The number of pyridine rings is 3. The predicted molar refractivity (Wildman–Crippen MR) is 283 cm³/mol. The summed E-state index contributed by atoms with van der Waals surface area (Å²) in [5.74, 6) is -5.50. The maximum absolute atomic E-state index is 15.0. The fourth-order valence-corrected chi connectivity index (χ4v) is 11.0. The molecule has 3 unspecified atom stereocenters. The molecule has 9 heterocycles. The molecule has 3 saturated heterocycles. The molecular formula is C54H57F3GaN9O12. The van der Waals surface area contributed by atoms with Gasteiger partial charge in [-0.15, -0.1) is 0 Å². The number of piperazine rings is 3. The summed E-state index contributed by atoms with van der Waals surface area (Å²) in [4.78, 5) is 83.7. The van der Waals surface area contributed by atoms with Crippen LogP contribution in [0.2, 0.25) is 0 Å². The minimum atomic E-state index is -1.57. The second-order valence-corrected chi connectivity index (χ2v) is 20.8. The van der Waals surface area contributed by atoms with Gasteiger partial charge in [0.2, 0.25) is 0 Å². The first-order valence-corrected chi connectivity index (χ1v) is 25.7. The van der Waals surface area contributed by atoms with Crippen molar-refractivity contribution >= 4 is 87.5 Å². The van der Waals surface area contributed by atoms with E-state index in [4.69, 9.17) is 14.2 Å². The normalized spacial score (nSPS) is 20.0. The van der Waals surface area contributed by atoms with E-state index in [9.17, 15) is 57.3 Å². The van der Waals surface area contributed by atoms with Crippen LogP contribution in [0.4, 0.5) is 30.2 Å². The minimum Gasteiger partial charge on any atom is -0.545 e. The topological polar surface area (TPSA) is 234 Å². The van der Waals surface area contributed by atoms with Crippen molar-refractivity contribution in [3.63, 3.8) is 0 Å². The molecule has 6 aliphatic heterocycles. The zero-order valence-corrected chi connectivity index (χ0v) is 46.9. The number of nitrogens with zero attached hydrogens (tertiary/aromatic N) is 9. The quantitative estimate of drug-likeness (QED) is 0.203. The summed E-state index contributed by atoms with van der Waals surface area (Å²) in [6.45, 7) is 15.0. The summed E-state index contributed by atoms with van der Waals surface area (Å²) >= 11 is 0. The number of hydrogen-bond donors (Lipinski definition) is 0. The van der Waals surface area contributed by atoms with Crippen LogP contribution in [0.3, 0.4) is 0 Å². The number of rotatable bonds is 6. The van der Waals surface area contributed by atoms with E-state index in [1.54, 1.807) is 13.7 Å². The number of aromatic carboxylic acids is 3. The van der Waals surface area contributed by atoms with E-state index in [0.717, 1.165) is 57.5 Å². The van der Waals surface area contributed by atoms with Gasteiger partial charge in [0.25, 0.3) is 0 Å². The Balaban J connectivity index is 0.000000143. The first-order chi connectivity index (χ1) is 37.1. The van der Waals surface area contributed by atoms with Crippen LogP contribution < -0.4 is 60.5 Å². The molecule has 0 radical (unpaired) electrons. The van der Waals surface area contributed by atoms with E-state index < -0.39 is 68.3 Å². The first kappa shape index (κ1) is 56.5. The Labute approximate surface area is 463 Å². The molecule has 0 aliphatic carbocycles. The minimum absolute atomic E-state index is 0. The fraction of sp³-hybridized carbons (Fsp3) is 0.444. The molecule has 12 rings (SSSR count). The van der Waals surface area contributed by atoms with Crippen molar-refractivity contribution < 1.29 is 57.1 Å². The van der Waals surface area contributed by atoms with E-state index in [1.807, 2.05) is 56.6 Å². The van der Waals surface area contributed by atoms with Gasteiger partial charge >= 0.3 is 19.8 Å². The van der Waals surface area contributed by atoms with Crippen molar-refractivity contribution in [2.45, 2.75) is 38.9 Å². The molecule has 414 valence electrons. The second-order valence-electron chi connectivity index (χ2n) is 20.8. The largest absolute Gasteiger partial charge is 3.00 e. The number of halogens is 3. The van der Waals surface area contributed by atoms with Crippen LogP contribution >= 0.6 is 0 Å². The first-order valence-electron chi connectivity index (χ1n) is 25.7. The zero-order chi connectivity index (χ0) is 55.8. The third-order valence-corrected chi connectivity index (χ3v) is 15.5. The molecule has 6 aliphatic rings. The van der Waals surface area contributed by atoms with Gasteiger partial charge in [0.1, 0.15) is 36.9 Å². The van der Waals surface area contributed by atoms with Gasteiger partial charge < -0.3 is 87.0 Å². The van der Waals surface area contributed by atoms with Crippen molar-refractivity contribution in [1.82, 2.24) is 28.4 Å². The summed E-state index contributed by atoms with van der Waals surface area (Å²) < 4.78 is 67.5. The molecule has 0 bridgehead atoms. The number of carbonyl (C=O) groups is 3. The van der Waals surface area contributed by atoms with Crippen LogP contribution in [0.25, 0.3) is 32.7 Å². The standard InChI is InChI=1S/3C18H20FN3O4.Ga/c3*1-10-9-26-17-14-11(16(23)12(18(24)25)8-22(10)14)7-13(19)15(17)21-5-3-20(2)4-6-21;/h3*7-8,10H,3-6,9H2,1-2H3,(H,24,25);/q;;;+3/p-3. The van der Waals surface area contributed by atoms with Gasteiger partial charge in [-0.3, -0.25) is 14.4 Å². The molecule has 3 fully saturated rings. The zero-order valence-electron chi connectivity index (χ0n) is 44.4. The number of carboxylic acids is 3. The number of ether oxygens (including phenoxy) is 3. The molecule has 21 nitrogen and oxygen atoms in total. The number of aromatic nitrogens is 3. The Morgan fingerprint density at radius 1 is 0.443 bits per heavy atom. The summed E-state index contributed by atoms with van der Waals surface area (Å²) in [5, 5.41) is 33.9. The third kappa shape index (κ3) is 10.1. The van der Waals surface area contributed by atoms with Gasteiger partial charge in [0.15, 0.2) is 51.0 Å². The van der Waals surface area contributed by atoms with Crippen molar-refractivity contribution in [1.29, 1.82) is 0 Å². The van der Waals surface area contributed by atoms with Gasteiger partial charge in [-0.05, 0) is 60.1 Å². The van der Waals surface area contributed by atoms with Crippen LogP contribution in [-0.2, 0) is 0 Å². The smallest absolute Gasteiger partial charge is 0.545 e. The van der Waals surface area contributed by atoms with Gasteiger partial charge in [-0.1, -0.05) is 0 Å². The molecule has 79 heavy (non-hydrogen) atoms. The van der Waals surface area contributed by atoms with Gasteiger partial charge in [-0.2, -0.15) is 0 Å². The number of hydrogen-bond acceptors (Lipinski definition) is 18. The van der Waals surface area contributed by atoms with Gasteiger partial charge in [-0.25, -0.2) is 13.2 Å². The molecule has 0 N–H and O–H groups in total. The van der Waals surface area contributed by atoms with Crippen LogP contribution in [0.1, 0.15) is 70.0 Å². The second kappa shape index (κ2) is 22.2. The Kier molecular flexibility index (Phi) is 15.8. The van der Waals surface area contributed by atoms with Crippen LogP contribution in [0.5, 0.6) is 17.2 Å². The Morgan fingerprint density at radius 3 is 0.886 bits per heavy atom. The predicted octanol–water partition coefficient (Wildman–Crippen LogP) is 0.247. The van der Waals surface area contributed by atoms with E-state index in [2.05, 4.69) is 14.7 Å². The molecular weight excluding hydrogens is 1090 g/mol. The van der Waals surface area contributed by atoms with E-state index in [-0.39, 0.29) is 73.9 Å². The average Bonchev–Trinajstić information content (AvgIpc) is 3.30. The fourth-order valence-electron chi connectivity index (χ4n) is 11.0. The summed E-state index contributed by atoms with van der Waals surface area (Å²) in [6, 6.07) is 2.82. The molecule has 3 atom stereocenters. The Morgan fingerprint density at radius 2 is 0.671 bits per heavy atom. The number of carboxylic acid groups (broad SMARTS) is 3. The van der Waals surface area contributed by atoms with Gasteiger partial charge in [0.05, 0.1) is 85.4 Å². The molecule has 0 saturated carbocycles.